The SMILES string of the molecule is CC(NC(=O)c1ccc(I)cc1)c1ccc(NC(=O)C2CC2)cc1. The molecule has 0 bridgehead atoms. The molecule has 0 aromatic heterocycles. The summed E-state index contributed by atoms with van der Waals surface area (Å²) in [4.78, 5) is 24.0. The maximum atomic E-state index is 12.3. The van der Waals surface area contributed by atoms with Crippen molar-refractivity contribution in [2.24, 2.45) is 5.92 Å². The summed E-state index contributed by atoms with van der Waals surface area (Å²) < 4.78 is 1.10. The van der Waals surface area contributed by atoms with Crippen LogP contribution in [-0.2, 0) is 4.79 Å². The van der Waals surface area contributed by atoms with Crippen LogP contribution < -0.4 is 10.6 Å². The van der Waals surface area contributed by atoms with Crippen molar-refractivity contribution in [2.45, 2.75) is 25.8 Å². The molecule has 5 heteroatoms. The summed E-state index contributed by atoms with van der Waals surface area (Å²) in [6.45, 7) is 1.95. The van der Waals surface area contributed by atoms with Gasteiger partial charge in [0.25, 0.3) is 5.91 Å². The van der Waals surface area contributed by atoms with E-state index in [0.29, 0.717) is 5.56 Å². The van der Waals surface area contributed by atoms with Gasteiger partial charge in [0.2, 0.25) is 5.91 Å². The van der Waals surface area contributed by atoms with Gasteiger partial charge < -0.3 is 10.6 Å². The first-order valence-corrected chi connectivity index (χ1v) is 9.08. The Morgan fingerprint density at radius 2 is 1.67 bits per heavy atom. The molecule has 2 amide bonds. The molecule has 1 fully saturated rings. The maximum Gasteiger partial charge on any atom is 0.251 e. The lowest BCUT2D eigenvalue weighted by atomic mass is 10.1. The van der Waals surface area contributed by atoms with Gasteiger partial charge >= 0.3 is 0 Å². The van der Waals surface area contributed by atoms with E-state index in [9.17, 15) is 9.59 Å². The monoisotopic (exact) mass is 434 g/mol. The minimum Gasteiger partial charge on any atom is -0.346 e. The molecule has 124 valence electrons. The average molecular weight is 434 g/mol. The predicted molar refractivity (Wildman–Crippen MR) is 103 cm³/mol. The minimum atomic E-state index is -0.107. The molecular weight excluding hydrogens is 415 g/mol. The van der Waals surface area contributed by atoms with Gasteiger partial charge in [-0.1, -0.05) is 12.1 Å². The first kappa shape index (κ1) is 17.0. The average Bonchev–Trinajstić information content (AvgIpc) is 3.41. The molecule has 2 aromatic carbocycles. The summed E-state index contributed by atoms with van der Waals surface area (Å²) in [6.07, 6.45) is 1.98. The second-order valence-electron chi connectivity index (χ2n) is 6.09. The van der Waals surface area contributed by atoms with Crippen molar-refractivity contribution in [2.75, 3.05) is 5.32 Å². The fraction of sp³-hybridized carbons (Fsp3) is 0.263. The highest BCUT2D eigenvalue weighted by Crippen LogP contribution is 2.30. The van der Waals surface area contributed by atoms with Crippen molar-refractivity contribution in [1.82, 2.24) is 5.32 Å². The van der Waals surface area contributed by atoms with Crippen LogP contribution in [0.15, 0.2) is 48.5 Å². The lowest BCUT2D eigenvalue weighted by Gasteiger charge is -2.15. The fourth-order valence-corrected chi connectivity index (χ4v) is 2.77. The summed E-state index contributed by atoms with van der Waals surface area (Å²) >= 11 is 2.21. The van der Waals surface area contributed by atoms with Crippen LogP contribution in [0, 0.1) is 9.49 Å². The van der Waals surface area contributed by atoms with Crippen LogP contribution in [-0.4, -0.2) is 11.8 Å². The Bertz CT molecular complexity index is 737. The number of nitrogens with one attached hydrogen (secondary N) is 2. The molecule has 3 rings (SSSR count). The van der Waals surface area contributed by atoms with E-state index in [1.54, 1.807) is 0 Å². The zero-order valence-electron chi connectivity index (χ0n) is 13.4. The van der Waals surface area contributed by atoms with E-state index in [0.717, 1.165) is 27.7 Å². The summed E-state index contributed by atoms with van der Waals surface area (Å²) in [7, 11) is 0. The minimum absolute atomic E-state index is 0.0926. The van der Waals surface area contributed by atoms with Crippen LogP contribution in [0.5, 0.6) is 0 Å². The molecule has 1 aliphatic rings. The van der Waals surface area contributed by atoms with Crippen LogP contribution in [0.25, 0.3) is 0 Å². The van der Waals surface area contributed by atoms with Gasteiger partial charge in [0.05, 0.1) is 6.04 Å². The van der Waals surface area contributed by atoms with Gasteiger partial charge in [0, 0.05) is 20.7 Å². The van der Waals surface area contributed by atoms with Gasteiger partial charge in [-0.3, -0.25) is 9.59 Å². The molecule has 1 saturated carbocycles. The highest BCUT2D eigenvalue weighted by atomic mass is 127. The van der Waals surface area contributed by atoms with E-state index >= 15 is 0 Å². The number of rotatable bonds is 5. The van der Waals surface area contributed by atoms with Crippen molar-refractivity contribution in [3.63, 3.8) is 0 Å². The molecular formula is C19H19IN2O2. The highest BCUT2D eigenvalue weighted by Gasteiger charge is 2.29. The quantitative estimate of drug-likeness (QED) is 0.696. The van der Waals surface area contributed by atoms with E-state index in [1.807, 2.05) is 55.5 Å². The molecule has 2 aromatic rings. The van der Waals surface area contributed by atoms with Gasteiger partial charge in [0.15, 0.2) is 0 Å². The number of amides is 2. The normalized spacial score (nSPS) is 14.8. The Morgan fingerprint density at radius 3 is 2.25 bits per heavy atom. The van der Waals surface area contributed by atoms with E-state index in [-0.39, 0.29) is 23.8 Å². The summed E-state index contributed by atoms with van der Waals surface area (Å²) in [5, 5.41) is 5.91. The van der Waals surface area contributed by atoms with Crippen LogP contribution in [0.4, 0.5) is 5.69 Å². The standard InChI is InChI=1S/C19H19IN2O2/c1-12(21-18(23)15-4-8-16(20)9-5-15)13-6-10-17(11-7-13)22-19(24)14-2-3-14/h4-12,14H,2-3H2,1H3,(H,21,23)(H,22,24). The Kier molecular flexibility index (Phi) is 5.18. The van der Waals surface area contributed by atoms with Crippen molar-refractivity contribution < 1.29 is 9.59 Å². The zero-order valence-corrected chi connectivity index (χ0v) is 15.5. The molecule has 0 spiro atoms. The van der Waals surface area contributed by atoms with Crippen molar-refractivity contribution >= 4 is 40.1 Å². The third-order valence-electron chi connectivity index (χ3n) is 4.08. The van der Waals surface area contributed by atoms with Crippen molar-refractivity contribution in [3.8, 4) is 0 Å². The van der Waals surface area contributed by atoms with Gasteiger partial charge in [-0.25, -0.2) is 0 Å². The number of anilines is 1. The molecule has 1 unspecified atom stereocenters. The molecule has 1 aliphatic carbocycles. The first-order chi connectivity index (χ1) is 11.5. The fourth-order valence-electron chi connectivity index (χ4n) is 2.41. The van der Waals surface area contributed by atoms with Crippen molar-refractivity contribution in [1.29, 1.82) is 0 Å². The van der Waals surface area contributed by atoms with Gasteiger partial charge in [-0.15, -0.1) is 0 Å². The molecule has 0 radical (unpaired) electrons. The van der Waals surface area contributed by atoms with Crippen LogP contribution in [0.1, 0.15) is 41.7 Å². The summed E-state index contributed by atoms with van der Waals surface area (Å²) in [6, 6.07) is 15.0. The predicted octanol–water partition coefficient (Wildman–Crippen LogP) is 4.13. The molecule has 24 heavy (non-hydrogen) atoms. The maximum absolute atomic E-state index is 12.3. The molecule has 1 atom stereocenters. The largest absolute Gasteiger partial charge is 0.346 e. The molecule has 0 saturated heterocycles. The second kappa shape index (κ2) is 7.34. The summed E-state index contributed by atoms with van der Waals surface area (Å²) in [5.74, 6) is 0.199. The molecule has 0 aliphatic heterocycles. The van der Waals surface area contributed by atoms with Crippen LogP contribution in [0.2, 0.25) is 0 Å². The number of halogens is 1. The van der Waals surface area contributed by atoms with Gasteiger partial charge in [0.1, 0.15) is 0 Å². The van der Waals surface area contributed by atoms with Gasteiger partial charge in [-0.05, 0) is 84.3 Å². The smallest absolute Gasteiger partial charge is 0.251 e. The van der Waals surface area contributed by atoms with E-state index in [2.05, 4.69) is 33.2 Å². The number of hydrogen-bond donors (Lipinski definition) is 2. The Balaban J connectivity index is 1.59. The number of carbonyl (C=O) groups is 2. The lowest BCUT2D eigenvalue weighted by molar-refractivity contribution is -0.117. The number of benzene rings is 2. The molecule has 4 nitrogen and oxygen atoms in total. The zero-order chi connectivity index (χ0) is 17.1. The highest BCUT2D eigenvalue weighted by molar-refractivity contribution is 14.1. The Labute approximate surface area is 155 Å². The van der Waals surface area contributed by atoms with E-state index in [4.69, 9.17) is 0 Å². The molecule has 2 N–H and O–H groups in total. The van der Waals surface area contributed by atoms with Crippen LogP contribution in [0.3, 0.4) is 0 Å². The Morgan fingerprint density at radius 1 is 1.04 bits per heavy atom. The van der Waals surface area contributed by atoms with E-state index in [1.165, 1.54) is 0 Å². The first-order valence-electron chi connectivity index (χ1n) is 8.00. The summed E-state index contributed by atoms with van der Waals surface area (Å²) in [5.41, 5.74) is 2.45. The third-order valence-corrected chi connectivity index (χ3v) is 4.80. The van der Waals surface area contributed by atoms with E-state index < -0.39 is 0 Å². The van der Waals surface area contributed by atoms with Gasteiger partial charge in [-0.2, -0.15) is 0 Å². The third kappa shape index (κ3) is 4.35. The number of carbonyl (C=O) groups excluding carboxylic acids is 2. The van der Waals surface area contributed by atoms with Crippen LogP contribution >= 0.6 is 22.6 Å². The Hall–Kier alpha value is -1.89. The lowest BCUT2D eigenvalue weighted by Crippen LogP contribution is -2.26. The molecule has 0 heterocycles. The second-order valence-corrected chi connectivity index (χ2v) is 7.33. The van der Waals surface area contributed by atoms with Crippen molar-refractivity contribution in [3.05, 3.63) is 63.2 Å². The topological polar surface area (TPSA) is 58.2 Å². The number of hydrogen-bond acceptors (Lipinski definition) is 2.